The van der Waals surface area contributed by atoms with Crippen LogP contribution in [0.3, 0.4) is 0 Å². The van der Waals surface area contributed by atoms with Crippen molar-refractivity contribution in [2.75, 3.05) is 33.9 Å². The van der Waals surface area contributed by atoms with Crippen LogP contribution in [0.5, 0.6) is 11.5 Å². The largest absolute Gasteiger partial charge is 0.493 e. The second-order valence-electron chi connectivity index (χ2n) is 4.69. The molecule has 0 aromatic heterocycles. The molecule has 0 bridgehead atoms. The van der Waals surface area contributed by atoms with Crippen LogP contribution in [0.2, 0.25) is 0 Å². The third-order valence-corrected chi connectivity index (χ3v) is 3.37. The first-order valence-electron chi connectivity index (χ1n) is 6.67. The summed E-state index contributed by atoms with van der Waals surface area (Å²) in [6.07, 6.45) is -0.272. The van der Waals surface area contributed by atoms with E-state index in [2.05, 4.69) is 0 Å². The maximum absolute atomic E-state index is 12.3. The minimum absolute atomic E-state index is 0.0224. The van der Waals surface area contributed by atoms with E-state index in [9.17, 15) is 4.79 Å². The molecule has 1 aromatic carbocycles. The van der Waals surface area contributed by atoms with Gasteiger partial charge in [-0.05, 0) is 17.7 Å². The summed E-state index contributed by atoms with van der Waals surface area (Å²) in [6.45, 7) is 1.24. The molecule has 1 atom stereocenters. The topological polar surface area (TPSA) is 71.8 Å². The van der Waals surface area contributed by atoms with E-state index in [0.29, 0.717) is 31.2 Å². The van der Waals surface area contributed by atoms with Crippen molar-refractivity contribution in [1.82, 2.24) is 4.90 Å². The SMILES string of the molecule is COc1ccc(CC(=O)N2CCOC(C#N)C2)cc1OC. The molecule has 0 N–H and O–H groups in total. The van der Waals surface area contributed by atoms with Crippen LogP contribution in [0.25, 0.3) is 0 Å². The van der Waals surface area contributed by atoms with Crippen molar-refractivity contribution in [2.24, 2.45) is 0 Å². The van der Waals surface area contributed by atoms with Crippen LogP contribution < -0.4 is 9.47 Å². The molecule has 2 rings (SSSR count). The van der Waals surface area contributed by atoms with Crippen LogP contribution in [0, 0.1) is 11.3 Å². The highest BCUT2D eigenvalue weighted by molar-refractivity contribution is 5.79. The molecule has 1 aliphatic heterocycles. The second kappa shape index (κ2) is 6.95. The lowest BCUT2D eigenvalue weighted by atomic mass is 10.1. The first-order valence-corrected chi connectivity index (χ1v) is 6.67. The number of carbonyl (C=O) groups excluding carboxylic acids is 1. The monoisotopic (exact) mass is 290 g/mol. The number of amides is 1. The van der Waals surface area contributed by atoms with E-state index in [-0.39, 0.29) is 12.3 Å². The van der Waals surface area contributed by atoms with Crippen molar-refractivity contribution in [2.45, 2.75) is 12.5 Å². The number of methoxy groups -OCH3 is 2. The number of rotatable bonds is 4. The number of hydrogen-bond donors (Lipinski definition) is 0. The predicted molar refractivity (Wildman–Crippen MR) is 75.2 cm³/mol. The van der Waals surface area contributed by atoms with Crippen LogP contribution in [-0.2, 0) is 16.0 Å². The third kappa shape index (κ3) is 3.64. The Labute approximate surface area is 123 Å². The van der Waals surface area contributed by atoms with Crippen LogP contribution in [0.1, 0.15) is 5.56 Å². The Bertz CT molecular complexity index is 553. The fraction of sp³-hybridized carbons (Fsp3) is 0.467. The molecule has 6 heteroatoms. The number of carbonyl (C=O) groups is 1. The molecular formula is C15H18N2O4. The zero-order valence-corrected chi connectivity index (χ0v) is 12.2. The van der Waals surface area contributed by atoms with E-state index in [1.807, 2.05) is 12.1 Å². The van der Waals surface area contributed by atoms with Gasteiger partial charge in [-0.2, -0.15) is 5.26 Å². The number of morpholine rings is 1. The maximum Gasteiger partial charge on any atom is 0.227 e. The van der Waals surface area contributed by atoms with Gasteiger partial charge in [-0.25, -0.2) is 0 Å². The van der Waals surface area contributed by atoms with E-state index in [4.69, 9.17) is 19.5 Å². The van der Waals surface area contributed by atoms with Crippen LogP contribution in [-0.4, -0.2) is 50.8 Å². The summed E-state index contributed by atoms with van der Waals surface area (Å²) in [5, 5.41) is 8.86. The molecule has 1 aromatic rings. The molecule has 0 aliphatic carbocycles. The van der Waals surface area contributed by atoms with Gasteiger partial charge in [0.15, 0.2) is 17.6 Å². The highest BCUT2D eigenvalue weighted by Gasteiger charge is 2.24. The first-order chi connectivity index (χ1) is 10.2. The van der Waals surface area contributed by atoms with E-state index in [1.54, 1.807) is 31.3 Å². The van der Waals surface area contributed by atoms with Gasteiger partial charge in [0.2, 0.25) is 5.91 Å². The van der Waals surface area contributed by atoms with Crippen molar-refractivity contribution >= 4 is 5.91 Å². The number of nitrogens with zero attached hydrogens (tertiary/aromatic N) is 2. The molecule has 1 unspecified atom stereocenters. The van der Waals surface area contributed by atoms with Crippen molar-refractivity contribution in [3.05, 3.63) is 23.8 Å². The lowest BCUT2D eigenvalue weighted by Gasteiger charge is -2.29. The van der Waals surface area contributed by atoms with Crippen molar-refractivity contribution in [1.29, 1.82) is 5.26 Å². The molecule has 1 saturated heterocycles. The average molecular weight is 290 g/mol. The predicted octanol–water partition coefficient (Wildman–Crippen LogP) is 0.997. The van der Waals surface area contributed by atoms with Crippen LogP contribution in [0.4, 0.5) is 0 Å². The summed E-state index contributed by atoms with van der Waals surface area (Å²) in [4.78, 5) is 13.9. The molecular weight excluding hydrogens is 272 g/mol. The molecule has 112 valence electrons. The summed E-state index contributed by atoms with van der Waals surface area (Å²) < 4.78 is 15.6. The van der Waals surface area contributed by atoms with Crippen LogP contribution >= 0.6 is 0 Å². The van der Waals surface area contributed by atoms with Gasteiger partial charge in [0.05, 0.1) is 39.9 Å². The minimum atomic E-state index is -0.534. The van der Waals surface area contributed by atoms with Crippen molar-refractivity contribution < 1.29 is 19.0 Å². The number of hydrogen-bond acceptors (Lipinski definition) is 5. The lowest BCUT2D eigenvalue weighted by molar-refractivity contribution is -0.136. The standard InChI is InChI=1S/C15H18N2O4/c1-19-13-4-3-11(7-14(13)20-2)8-15(18)17-5-6-21-12(9-16)10-17/h3-4,7,12H,5-6,8,10H2,1-2H3. The molecule has 0 spiro atoms. The zero-order chi connectivity index (χ0) is 15.2. The zero-order valence-electron chi connectivity index (χ0n) is 12.2. The van der Waals surface area contributed by atoms with Gasteiger partial charge in [0.25, 0.3) is 0 Å². The maximum atomic E-state index is 12.3. The van der Waals surface area contributed by atoms with Gasteiger partial charge < -0.3 is 19.1 Å². The Morgan fingerprint density at radius 1 is 1.43 bits per heavy atom. The third-order valence-electron chi connectivity index (χ3n) is 3.37. The molecule has 6 nitrogen and oxygen atoms in total. The second-order valence-corrected chi connectivity index (χ2v) is 4.69. The van der Waals surface area contributed by atoms with Gasteiger partial charge in [-0.15, -0.1) is 0 Å². The summed E-state index contributed by atoms with van der Waals surface area (Å²) >= 11 is 0. The number of ether oxygens (including phenoxy) is 3. The molecule has 0 radical (unpaired) electrons. The molecule has 1 heterocycles. The first kappa shape index (κ1) is 15.1. The average Bonchev–Trinajstić information content (AvgIpc) is 2.54. The Hall–Kier alpha value is -2.26. The Balaban J connectivity index is 2.04. The van der Waals surface area contributed by atoms with Crippen LogP contribution in [0.15, 0.2) is 18.2 Å². The van der Waals surface area contributed by atoms with E-state index >= 15 is 0 Å². The van der Waals surface area contributed by atoms with Gasteiger partial charge in [0, 0.05) is 6.54 Å². The minimum Gasteiger partial charge on any atom is -0.493 e. The molecule has 21 heavy (non-hydrogen) atoms. The summed E-state index contributed by atoms with van der Waals surface area (Å²) in [5.74, 6) is 1.20. The Kier molecular flexibility index (Phi) is 5.01. The Morgan fingerprint density at radius 3 is 2.86 bits per heavy atom. The van der Waals surface area contributed by atoms with Gasteiger partial charge in [0.1, 0.15) is 0 Å². The summed E-state index contributed by atoms with van der Waals surface area (Å²) in [6, 6.07) is 7.44. The summed E-state index contributed by atoms with van der Waals surface area (Å²) in [5.41, 5.74) is 0.845. The molecule has 1 aliphatic rings. The van der Waals surface area contributed by atoms with E-state index in [1.165, 1.54) is 0 Å². The summed E-state index contributed by atoms with van der Waals surface area (Å²) in [7, 11) is 3.13. The number of benzene rings is 1. The Morgan fingerprint density at radius 2 is 2.19 bits per heavy atom. The van der Waals surface area contributed by atoms with Crippen molar-refractivity contribution in [3.8, 4) is 17.6 Å². The van der Waals surface area contributed by atoms with E-state index in [0.717, 1.165) is 5.56 Å². The fourth-order valence-electron chi connectivity index (χ4n) is 2.23. The highest BCUT2D eigenvalue weighted by Crippen LogP contribution is 2.27. The van der Waals surface area contributed by atoms with Crippen molar-refractivity contribution in [3.63, 3.8) is 0 Å². The molecule has 1 amide bonds. The molecule has 0 saturated carbocycles. The van der Waals surface area contributed by atoms with Gasteiger partial charge in [-0.1, -0.05) is 6.07 Å². The smallest absolute Gasteiger partial charge is 0.227 e. The van der Waals surface area contributed by atoms with Gasteiger partial charge >= 0.3 is 0 Å². The quantitative estimate of drug-likeness (QED) is 0.827. The van der Waals surface area contributed by atoms with E-state index < -0.39 is 6.10 Å². The fourth-order valence-corrected chi connectivity index (χ4v) is 2.23. The number of nitriles is 1. The highest BCUT2D eigenvalue weighted by atomic mass is 16.5. The lowest BCUT2D eigenvalue weighted by Crippen LogP contribution is -2.45. The normalized spacial score (nSPS) is 18.0. The van der Waals surface area contributed by atoms with Gasteiger partial charge in [-0.3, -0.25) is 4.79 Å². The molecule has 1 fully saturated rings.